The van der Waals surface area contributed by atoms with Crippen LogP contribution in [0.3, 0.4) is 0 Å². The molecule has 1 atom stereocenters. The van der Waals surface area contributed by atoms with E-state index >= 15 is 0 Å². The first-order valence-corrected chi connectivity index (χ1v) is 8.84. The zero-order valence-corrected chi connectivity index (χ0v) is 16.1. The Balaban J connectivity index is 0.00000261. The van der Waals surface area contributed by atoms with Gasteiger partial charge in [-0.05, 0) is 55.5 Å². The first-order chi connectivity index (χ1) is 12.7. The van der Waals surface area contributed by atoms with Crippen molar-refractivity contribution < 1.29 is 19.0 Å². The maximum absolute atomic E-state index is 12.1. The van der Waals surface area contributed by atoms with Crippen LogP contribution in [0.4, 0.5) is 5.69 Å². The molecule has 1 aliphatic rings. The lowest BCUT2D eigenvalue weighted by Gasteiger charge is -2.23. The molecule has 2 aromatic rings. The lowest BCUT2D eigenvalue weighted by atomic mass is 10.2. The van der Waals surface area contributed by atoms with E-state index in [4.69, 9.17) is 14.2 Å². The number of ether oxygens (including phenoxy) is 3. The van der Waals surface area contributed by atoms with E-state index in [2.05, 4.69) is 10.6 Å². The highest BCUT2D eigenvalue weighted by atomic mass is 35.5. The quantitative estimate of drug-likeness (QED) is 0.753. The Morgan fingerprint density at radius 2 is 1.74 bits per heavy atom. The van der Waals surface area contributed by atoms with Crippen molar-refractivity contribution in [2.45, 2.75) is 19.4 Å². The number of amides is 1. The molecular weight excluding hydrogens is 368 g/mol. The molecule has 0 bridgehead atoms. The normalized spacial score (nSPS) is 16.1. The van der Waals surface area contributed by atoms with E-state index in [0.717, 1.165) is 23.7 Å². The van der Waals surface area contributed by atoms with Crippen molar-refractivity contribution in [1.29, 1.82) is 0 Å². The predicted octanol–water partition coefficient (Wildman–Crippen LogP) is 3.62. The summed E-state index contributed by atoms with van der Waals surface area (Å²) in [5.74, 6) is 2.21. The van der Waals surface area contributed by atoms with E-state index in [1.54, 1.807) is 0 Å². The summed E-state index contributed by atoms with van der Waals surface area (Å²) in [6.45, 7) is 4.65. The fraction of sp³-hybridized carbons (Fsp3) is 0.350. The SMILES string of the molecule is CCOc1ccc(Oc2ccc(NC(=O)CC3COCCN3)cc2)cc1.Cl. The van der Waals surface area contributed by atoms with E-state index in [1.165, 1.54) is 0 Å². The van der Waals surface area contributed by atoms with E-state index in [0.29, 0.717) is 32.0 Å². The summed E-state index contributed by atoms with van der Waals surface area (Å²) < 4.78 is 16.6. The van der Waals surface area contributed by atoms with Crippen LogP contribution in [0.15, 0.2) is 48.5 Å². The van der Waals surface area contributed by atoms with Gasteiger partial charge in [0.1, 0.15) is 17.2 Å². The van der Waals surface area contributed by atoms with Gasteiger partial charge >= 0.3 is 0 Å². The van der Waals surface area contributed by atoms with Gasteiger partial charge in [-0.15, -0.1) is 12.4 Å². The monoisotopic (exact) mass is 392 g/mol. The van der Waals surface area contributed by atoms with E-state index in [1.807, 2.05) is 55.5 Å². The summed E-state index contributed by atoms with van der Waals surface area (Å²) in [6.07, 6.45) is 0.393. The molecule has 0 aromatic heterocycles. The lowest BCUT2D eigenvalue weighted by molar-refractivity contribution is -0.117. The number of carbonyl (C=O) groups is 1. The van der Waals surface area contributed by atoms with E-state index in [-0.39, 0.29) is 24.4 Å². The van der Waals surface area contributed by atoms with Crippen LogP contribution >= 0.6 is 12.4 Å². The van der Waals surface area contributed by atoms with Crippen molar-refractivity contribution in [1.82, 2.24) is 5.32 Å². The highest BCUT2D eigenvalue weighted by Crippen LogP contribution is 2.25. The summed E-state index contributed by atoms with van der Waals surface area (Å²) in [5, 5.41) is 6.16. The molecule has 1 saturated heterocycles. The number of hydrogen-bond donors (Lipinski definition) is 2. The van der Waals surface area contributed by atoms with Crippen LogP contribution in [0, 0.1) is 0 Å². The molecule has 0 spiro atoms. The standard InChI is InChI=1S/C20H24N2O4.ClH/c1-2-25-17-7-9-19(10-8-17)26-18-5-3-15(4-6-18)22-20(23)13-16-14-24-12-11-21-16;/h3-10,16,21H,2,11-14H2,1H3,(H,22,23);1H. The summed E-state index contributed by atoms with van der Waals surface area (Å²) in [5.41, 5.74) is 0.741. The zero-order valence-electron chi connectivity index (χ0n) is 15.3. The molecule has 0 saturated carbocycles. The first kappa shape index (κ1) is 21.0. The fourth-order valence-electron chi connectivity index (χ4n) is 2.70. The minimum Gasteiger partial charge on any atom is -0.494 e. The maximum atomic E-state index is 12.1. The molecule has 1 unspecified atom stereocenters. The molecule has 2 N–H and O–H groups in total. The smallest absolute Gasteiger partial charge is 0.226 e. The van der Waals surface area contributed by atoms with Gasteiger partial charge in [-0.2, -0.15) is 0 Å². The van der Waals surface area contributed by atoms with Crippen molar-refractivity contribution in [3.8, 4) is 17.2 Å². The number of halogens is 1. The van der Waals surface area contributed by atoms with Gasteiger partial charge in [-0.1, -0.05) is 0 Å². The lowest BCUT2D eigenvalue weighted by Crippen LogP contribution is -2.43. The third-order valence-corrected chi connectivity index (χ3v) is 3.94. The minimum absolute atomic E-state index is 0. The van der Waals surface area contributed by atoms with Gasteiger partial charge in [0.2, 0.25) is 5.91 Å². The number of anilines is 1. The molecule has 1 fully saturated rings. The van der Waals surface area contributed by atoms with Gasteiger partial charge in [-0.3, -0.25) is 4.79 Å². The Hall–Kier alpha value is -2.28. The second-order valence-electron chi connectivity index (χ2n) is 6.01. The van der Waals surface area contributed by atoms with Crippen molar-refractivity contribution in [3.05, 3.63) is 48.5 Å². The van der Waals surface area contributed by atoms with Crippen molar-refractivity contribution in [2.75, 3.05) is 31.7 Å². The number of hydrogen-bond acceptors (Lipinski definition) is 5. The average Bonchev–Trinajstić information content (AvgIpc) is 2.66. The molecule has 27 heavy (non-hydrogen) atoms. The Morgan fingerprint density at radius 3 is 2.33 bits per heavy atom. The van der Waals surface area contributed by atoms with E-state index < -0.39 is 0 Å². The molecule has 1 heterocycles. The largest absolute Gasteiger partial charge is 0.494 e. The van der Waals surface area contributed by atoms with Crippen molar-refractivity contribution in [2.24, 2.45) is 0 Å². The first-order valence-electron chi connectivity index (χ1n) is 8.84. The molecule has 7 heteroatoms. The molecule has 0 radical (unpaired) electrons. The Labute approximate surface area is 165 Å². The topological polar surface area (TPSA) is 68.8 Å². The Bertz CT molecular complexity index is 701. The second kappa shape index (κ2) is 10.8. The molecule has 0 aliphatic carbocycles. The number of morpholine rings is 1. The van der Waals surface area contributed by atoms with Crippen LogP contribution < -0.4 is 20.1 Å². The molecule has 2 aromatic carbocycles. The molecular formula is C20H25ClN2O4. The van der Waals surface area contributed by atoms with Crippen molar-refractivity contribution in [3.63, 3.8) is 0 Å². The summed E-state index contributed by atoms with van der Waals surface area (Å²) in [6, 6.07) is 14.8. The zero-order chi connectivity index (χ0) is 18.2. The fourth-order valence-corrected chi connectivity index (χ4v) is 2.70. The van der Waals surface area contributed by atoms with Gasteiger partial charge in [0, 0.05) is 24.7 Å². The van der Waals surface area contributed by atoms with Gasteiger partial charge in [0.15, 0.2) is 0 Å². The van der Waals surface area contributed by atoms with Crippen LogP contribution in [0.1, 0.15) is 13.3 Å². The van der Waals surface area contributed by atoms with Gasteiger partial charge in [0.25, 0.3) is 0 Å². The summed E-state index contributed by atoms with van der Waals surface area (Å²) in [4.78, 5) is 12.1. The highest BCUT2D eigenvalue weighted by Gasteiger charge is 2.16. The van der Waals surface area contributed by atoms with Crippen LogP contribution in [-0.4, -0.2) is 38.3 Å². The second-order valence-corrected chi connectivity index (χ2v) is 6.01. The predicted molar refractivity (Wildman–Crippen MR) is 107 cm³/mol. The van der Waals surface area contributed by atoms with Gasteiger partial charge < -0.3 is 24.8 Å². The highest BCUT2D eigenvalue weighted by molar-refractivity contribution is 5.91. The Morgan fingerprint density at radius 1 is 1.11 bits per heavy atom. The van der Waals surface area contributed by atoms with Crippen LogP contribution in [0.25, 0.3) is 0 Å². The van der Waals surface area contributed by atoms with Crippen LogP contribution in [0.5, 0.6) is 17.2 Å². The van der Waals surface area contributed by atoms with Gasteiger partial charge in [-0.25, -0.2) is 0 Å². The molecule has 1 aliphatic heterocycles. The maximum Gasteiger partial charge on any atom is 0.226 e. The number of nitrogens with one attached hydrogen (secondary N) is 2. The molecule has 3 rings (SSSR count). The number of rotatable bonds is 7. The third kappa shape index (κ3) is 6.75. The van der Waals surface area contributed by atoms with E-state index in [9.17, 15) is 4.79 Å². The number of benzene rings is 2. The van der Waals surface area contributed by atoms with Gasteiger partial charge in [0.05, 0.1) is 19.8 Å². The third-order valence-electron chi connectivity index (χ3n) is 3.94. The van der Waals surface area contributed by atoms with Crippen LogP contribution in [-0.2, 0) is 9.53 Å². The summed E-state index contributed by atoms with van der Waals surface area (Å²) in [7, 11) is 0. The molecule has 146 valence electrons. The number of carbonyl (C=O) groups excluding carboxylic acids is 1. The molecule has 6 nitrogen and oxygen atoms in total. The minimum atomic E-state index is -0.0341. The molecule has 1 amide bonds. The Kier molecular flexibility index (Phi) is 8.39. The average molecular weight is 393 g/mol. The van der Waals surface area contributed by atoms with Crippen LogP contribution in [0.2, 0.25) is 0 Å². The van der Waals surface area contributed by atoms with Crippen molar-refractivity contribution >= 4 is 24.0 Å². The summed E-state index contributed by atoms with van der Waals surface area (Å²) >= 11 is 0.